The van der Waals surface area contributed by atoms with E-state index in [1.54, 1.807) is 7.11 Å². The second-order valence-corrected chi connectivity index (χ2v) is 6.74. The molecule has 0 radical (unpaired) electrons. The van der Waals surface area contributed by atoms with Crippen LogP contribution >= 0.6 is 11.3 Å². The van der Waals surface area contributed by atoms with E-state index in [4.69, 9.17) is 4.74 Å². The second-order valence-electron chi connectivity index (χ2n) is 5.83. The molecular formula is C18H22N2O2S. The lowest BCUT2D eigenvalue weighted by atomic mass is 10.0. The van der Waals surface area contributed by atoms with Gasteiger partial charge in [0.05, 0.1) is 7.11 Å². The third-order valence-corrected chi connectivity index (χ3v) is 5.12. The summed E-state index contributed by atoms with van der Waals surface area (Å²) in [6.07, 6.45) is 1.98. The van der Waals surface area contributed by atoms with Gasteiger partial charge >= 0.3 is 0 Å². The molecule has 4 nitrogen and oxygen atoms in total. The van der Waals surface area contributed by atoms with Crippen molar-refractivity contribution in [3.8, 4) is 5.75 Å². The van der Waals surface area contributed by atoms with Crippen LogP contribution < -0.4 is 10.1 Å². The number of methoxy groups -OCH3 is 1. The van der Waals surface area contributed by atoms with Gasteiger partial charge in [-0.2, -0.15) is 0 Å². The van der Waals surface area contributed by atoms with Gasteiger partial charge in [-0.3, -0.25) is 9.69 Å². The molecule has 1 aromatic heterocycles. The van der Waals surface area contributed by atoms with Crippen molar-refractivity contribution in [2.45, 2.75) is 25.4 Å². The van der Waals surface area contributed by atoms with Gasteiger partial charge in [0.15, 0.2) is 0 Å². The number of carbonyl (C=O) groups is 1. The Kier molecular flexibility index (Phi) is 5.31. The zero-order valence-electron chi connectivity index (χ0n) is 13.3. The number of hydrogen-bond acceptors (Lipinski definition) is 4. The molecule has 1 aliphatic heterocycles. The summed E-state index contributed by atoms with van der Waals surface area (Å²) in [4.78, 5) is 15.4. The Balaban J connectivity index is 1.48. The van der Waals surface area contributed by atoms with E-state index in [-0.39, 0.29) is 11.9 Å². The lowest BCUT2D eigenvalue weighted by Crippen LogP contribution is -2.44. The molecule has 2 heterocycles. The number of benzene rings is 1. The fourth-order valence-corrected chi connectivity index (χ4v) is 3.71. The highest BCUT2D eigenvalue weighted by Gasteiger charge is 2.23. The van der Waals surface area contributed by atoms with Crippen molar-refractivity contribution < 1.29 is 9.53 Å². The van der Waals surface area contributed by atoms with Crippen molar-refractivity contribution in [2.75, 3.05) is 20.2 Å². The Morgan fingerprint density at radius 3 is 2.70 bits per heavy atom. The minimum absolute atomic E-state index is 0.0154. The molecule has 0 bridgehead atoms. The molecule has 0 saturated carbocycles. The normalized spacial score (nSPS) is 16.2. The van der Waals surface area contributed by atoms with Crippen LogP contribution in [-0.2, 0) is 6.54 Å². The van der Waals surface area contributed by atoms with Gasteiger partial charge in [-0.25, -0.2) is 0 Å². The molecule has 23 heavy (non-hydrogen) atoms. The summed E-state index contributed by atoms with van der Waals surface area (Å²) in [5.74, 6) is 0.646. The van der Waals surface area contributed by atoms with Crippen LogP contribution in [0.25, 0.3) is 0 Å². The molecule has 0 spiro atoms. The van der Waals surface area contributed by atoms with Crippen LogP contribution in [0.5, 0.6) is 5.75 Å². The SMILES string of the molecule is COc1ccsc1C(=O)NC1CCN(Cc2ccccc2)CC1. The van der Waals surface area contributed by atoms with Crippen LogP contribution in [0.3, 0.4) is 0 Å². The molecule has 122 valence electrons. The van der Waals surface area contributed by atoms with E-state index in [2.05, 4.69) is 34.5 Å². The molecule has 1 amide bonds. The maximum absolute atomic E-state index is 12.3. The Hall–Kier alpha value is -1.85. The van der Waals surface area contributed by atoms with E-state index in [0.29, 0.717) is 10.6 Å². The molecule has 0 aliphatic carbocycles. The lowest BCUT2D eigenvalue weighted by Gasteiger charge is -2.32. The number of nitrogens with zero attached hydrogens (tertiary/aromatic N) is 1. The maximum atomic E-state index is 12.3. The zero-order valence-corrected chi connectivity index (χ0v) is 14.1. The third-order valence-electron chi connectivity index (χ3n) is 4.23. The molecule has 1 saturated heterocycles. The number of rotatable bonds is 5. The Labute approximate surface area is 141 Å². The monoisotopic (exact) mass is 330 g/mol. The largest absolute Gasteiger partial charge is 0.495 e. The van der Waals surface area contributed by atoms with Gasteiger partial charge in [-0.15, -0.1) is 11.3 Å². The molecule has 1 fully saturated rings. The van der Waals surface area contributed by atoms with Crippen molar-refractivity contribution >= 4 is 17.2 Å². The minimum atomic E-state index is -0.0154. The summed E-state index contributed by atoms with van der Waals surface area (Å²) < 4.78 is 5.22. The van der Waals surface area contributed by atoms with E-state index in [0.717, 1.165) is 32.5 Å². The Morgan fingerprint density at radius 1 is 1.26 bits per heavy atom. The van der Waals surface area contributed by atoms with Crippen molar-refractivity contribution in [3.05, 3.63) is 52.2 Å². The third kappa shape index (κ3) is 4.12. The minimum Gasteiger partial charge on any atom is -0.495 e. The van der Waals surface area contributed by atoms with Crippen LogP contribution in [0, 0.1) is 0 Å². The molecule has 0 atom stereocenters. The standard InChI is InChI=1S/C18H22N2O2S/c1-22-16-9-12-23-17(16)18(21)19-15-7-10-20(11-8-15)13-14-5-3-2-4-6-14/h2-6,9,12,15H,7-8,10-11,13H2,1H3,(H,19,21). The highest BCUT2D eigenvalue weighted by Crippen LogP contribution is 2.24. The molecule has 1 aliphatic rings. The smallest absolute Gasteiger partial charge is 0.265 e. The van der Waals surface area contributed by atoms with E-state index in [1.807, 2.05) is 17.5 Å². The number of nitrogens with one attached hydrogen (secondary N) is 1. The Bertz CT molecular complexity index is 633. The first-order valence-corrected chi connectivity index (χ1v) is 8.83. The van der Waals surface area contributed by atoms with Crippen LogP contribution in [0.15, 0.2) is 41.8 Å². The average molecular weight is 330 g/mol. The van der Waals surface area contributed by atoms with Crippen molar-refractivity contribution in [3.63, 3.8) is 0 Å². The quantitative estimate of drug-likeness (QED) is 0.916. The fraction of sp³-hybridized carbons (Fsp3) is 0.389. The van der Waals surface area contributed by atoms with Gasteiger partial charge < -0.3 is 10.1 Å². The summed E-state index contributed by atoms with van der Waals surface area (Å²) in [5, 5.41) is 5.03. The van der Waals surface area contributed by atoms with Gasteiger partial charge in [0.25, 0.3) is 5.91 Å². The predicted molar refractivity (Wildman–Crippen MR) is 93.1 cm³/mol. The number of hydrogen-bond donors (Lipinski definition) is 1. The van der Waals surface area contributed by atoms with Gasteiger partial charge in [-0.05, 0) is 29.9 Å². The molecule has 1 N–H and O–H groups in total. The first-order valence-electron chi connectivity index (χ1n) is 7.95. The van der Waals surface area contributed by atoms with E-state index in [9.17, 15) is 4.79 Å². The molecule has 5 heteroatoms. The molecule has 0 unspecified atom stereocenters. The molecule has 1 aromatic carbocycles. The van der Waals surface area contributed by atoms with Crippen LogP contribution in [-0.4, -0.2) is 37.0 Å². The number of likely N-dealkylation sites (tertiary alicyclic amines) is 1. The predicted octanol–water partition coefficient (Wildman–Crippen LogP) is 3.15. The number of thiophene rings is 1. The van der Waals surface area contributed by atoms with E-state index >= 15 is 0 Å². The summed E-state index contributed by atoms with van der Waals surface area (Å²) >= 11 is 1.43. The number of amides is 1. The van der Waals surface area contributed by atoms with Crippen molar-refractivity contribution in [1.82, 2.24) is 10.2 Å². The molecule has 2 aromatic rings. The maximum Gasteiger partial charge on any atom is 0.265 e. The van der Waals surface area contributed by atoms with Crippen molar-refractivity contribution in [1.29, 1.82) is 0 Å². The van der Waals surface area contributed by atoms with Gasteiger partial charge in [0, 0.05) is 25.7 Å². The van der Waals surface area contributed by atoms with Gasteiger partial charge in [0.1, 0.15) is 10.6 Å². The lowest BCUT2D eigenvalue weighted by molar-refractivity contribution is 0.0910. The highest BCUT2D eigenvalue weighted by atomic mass is 32.1. The summed E-state index contributed by atoms with van der Waals surface area (Å²) in [6, 6.07) is 12.6. The van der Waals surface area contributed by atoms with Gasteiger partial charge in [-0.1, -0.05) is 30.3 Å². The summed E-state index contributed by atoms with van der Waals surface area (Å²) in [7, 11) is 1.60. The second kappa shape index (κ2) is 7.62. The number of ether oxygens (including phenoxy) is 1. The molecule has 3 rings (SSSR count). The number of piperidine rings is 1. The van der Waals surface area contributed by atoms with Gasteiger partial charge in [0.2, 0.25) is 0 Å². The summed E-state index contributed by atoms with van der Waals surface area (Å²) in [5.41, 5.74) is 1.35. The zero-order chi connectivity index (χ0) is 16.1. The van der Waals surface area contributed by atoms with Crippen molar-refractivity contribution in [2.24, 2.45) is 0 Å². The first kappa shape index (κ1) is 16.0. The topological polar surface area (TPSA) is 41.6 Å². The summed E-state index contributed by atoms with van der Waals surface area (Å²) in [6.45, 7) is 3.02. The Morgan fingerprint density at radius 2 is 2.00 bits per heavy atom. The van der Waals surface area contributed by atoms with Crippen LogP contribution in [0.1, 0.15) is 28.1 Å². The highest BCUT2D eigenvalue weighted by molar-refractivity contribution is 7.12. The van der Waals surface area contributed by atoms with Crippen LogP contribution in [0.4, 0.5) is 0 Å². The fourth-order valence-electron chi connectivity index (χ4n) is 2.95. The van der Waals surface area contributed by atoms with E-state index < -0.39 is 0 Å². The number of carbonyl (C=O) groups excluding carboxylic acids is 1. The van der Waals surface area contributed by atoms with E-state index in [1.165, 1.54) is 16.9 Å². The van der Waals surface area contributed by atoms with Crippen LogP contribution in [0.2, 0.25) is 0 Å². The molecular weight excluding hydrogens is 308 g/mol. The average Bonchev–Trinajstić information content (AvgIpc) is 3.06. The first-order chi connectivity index (χ1) is 11.3.